The van der Waals surface area contributed by atoms with E-state index in [0.29, 0.717) is 37.5 Å². The van der Waals surface area contributed by atoms with Crippen LogP contribution in [0.4, 0.5) is 0 Å². The predicted octanol–water partition coefficient (Wildman–Crippen LogP) is 1.17. The Bertz CT molecular complexity index is 646. The lowest BCUT2D eigenvalue weighted by molar-refractivity contribution is -0.124. The maximum absolute atomic E-state index is 12.7. The third-order valence-corrected chi connectivity index (χ3v) is 5.96. The average Bonchev–Trinajstić information content (AvgIpc) is 2.97. The van der Waals surface area contributed by atoms with Crippen LogP contribution in [0.5, 0.6) is 0 Å². The Hall–Kier alpha value is -1.15. The van der Waals surface area contributed by atoms with Crippen molar-refractivity contribution in [1.82, 2.24) is 14.5 Å². The zero-order valence-corrected chi connectivity index (χ0v) is 14.9. The summed E-state index contributed by atoms with van der Waals surface area (Å²) in [6.45, 7) is 1.57. The van der Waals surface area contributed by atoms with E-state index in [-0.39, 0.29) is 10.8 Å². The van der Waals surface area contributed by atoms with Gasteiger partial charge >= 0.3 is 0 Å². The van der Waals surface area contributed by atoms with Gasteiger partial charge in [-0.2, -0.15) is 4.31 Å². The first-order valence-electron chi connectivity index (χ1n) is 7.52. The highest BCUT2D eigenvalue weighted by Crippen LogP contribution is 2.26. The second kappa shape index (κ2) is 7.61. The molecule has 1 fully saturated rings. The summed E-state index contributed by atoms with van der Waals surface area (Å²) < 4.78 is 26.8. The highest BCUT2D eigenvalue weighted by molar-refractivity contribution is 7.89. The van der Waals surface area contributed by atoms with Gasteiger partial charge in [-0.25, -0.2) is 8.42 Å². The second-order valence-corrected chi connectivity index (χ2v) is 8.15. The fourth-order valence-corrected chi connectivity index (χ4v) is 4.33. The minimum Gasteiger partial charge on any atom is -0.353 e. The van der Waals surface area contributed by atoms with Crippen LogP contribution in [0.25, 0.3) is 0 Å². The smallest absolute Gasteiger partial charge is 0.243 e. The molecule has 8 heteroatoms. The van der Waals surface area contributed by atoms with Crippen LogP contribution in [0.15, 0.2) is 29.2 Å². The number of benzene rings is 1. The Morgan fingerprint density at radius 1 is 1.35 bits per heavy atom. The summed E-state index contributed by atoms with van der Waals surface area (Å²) in [7, 11) is 0.144. The average molecular weight is 360 g/mol. The number of likely N-dealkylation sites (N-methyl/N-ethyl adjacent to an activating group) is 1. The van der Waals surface area contributed by atoms with E-state index in [9.17, 15) is 13.2 Å². The van der Waals surface area contributed by atoms with Crippen LogP contribution >= 0.6 is 11.6 Å². The monoisotopic (exact) mass is 359 g/mol. The van der Waals surface area contributed by atoms with Gasteiger partial charge in [-0.05, 0) is 51.2 Å². The Balaban J connectivity index is 2.11. The fourth-order valence-electron chi connectivity index (χ4n) is 2.55. The van der Waals surface area contributed by atoms with Gasteiger partial charge in [-0.15, -0.1) is 0 Å². The summed E-state index contributed by atoms with van der Waals surface area (Å²) >= 11 is 5.81. The Kier molecular flexibility index (Phi) is 6.02. The van der Waals surface area contributed by atoms with Gasteiger partial charge in [0.25, 0.3) is 0 Å². The number of nitrogens with one attached hydrogen (secondary N) is 1. The minimum atomic E-state index is -3.69. The van der Waals surface area contributed by atoms with Gasteiger partial charge < -0.3 is 10.2 Å². The van der Waals surface area contributed by atoms with E-state index in [4.69, 9.17) is 11.6 Å². The molecule has 0 aliphatic carbocycles. The van der Waals surface area contributed by atoms with E-state index in [1.807, 2.05) is 19.0 Å². The SMILES string of the molecule is CN(C)CCNC(=O)[C@H]1CCCN1S(=O)(=O)c1ccc(Cl)cc1. The van der Waals surface area contributed by atoms with Crippen molar-refractivity contribution in [3.63, 3.8) is 0 Å². The number of carbonyl (C=O) groups is 1. The topological polar surface area (TPSA) is 69.7 Å². The lowest BCUT2D eigenvalue weighted by Crippen LogP contribution is -2.47. The van der Waals surface area contributed by atoms with E-state index >= 15 is 0 Å². The Morgan fingerprint density at radius 3 is 2.61 bits per heavy atom. The maximum Gasteiger partial charge on any atom is 0.243 e. The highest BCUT2D eigenvalue weighted by atomic mass is 35.5. The van der Waals surface area contributed by atoms with Gasteiger partial charge in [0.2, 0.25) is 15.9 Å². The molecule has 0 radical (unpaired) electrons. The first-order valence-corrected chi connectivity index (χ1v) is 9.34. The summed E-state index contributed by atoms with van der Waals surface area (Å²) in [5.74, 6) is -0.234. The third-order valence-electron chi connectivity index (χ3n) is 3.78. The molecular weight excluding hydrogens is 338 g/mol. The van der Waals surface area contributed by atoms with Crippen molar-refractivity contribution in [2.45, 2.75) is 23.8 Å². The predicted molar refractivity (Wildman–Crippen MR) is 89.9 cm³/mol. The molecule has 1 saturated heterocycles. The van der Waals surface area contributed by atoms with Crippen LogP contribution in [-0.2, 0) is 14.8 Å². The molecule has 128 valence electrons. The van der Waals surface area contributed by atoms with Gasteiger partial charge in [-0.1, -0.05) is 11.6 Å². The Morgan fingerprint density at radius 2 is 2.00 bits per heavy atom. The zero-order valence-electron chi connectivity index (χ0n) is 13.3. The molecule has 0 aromatic heterocycles. The van der Waals surface area contributed by atoms with Crippen molar-refractivity contribution < 1.29 is 13.2 Å². The van der Waals surface area contributed by atoms with Crippen molar-refractivity contribution in [3.05, 3.63) is 29.3 Å². The largest absolute Gasteiger partial charge is 0.353 e. The molecule has 1 aromatic rings. The molecule has 1 aromatic carbocycles. The van der Waals surface area contributed by atoms with Crippen molar-refractivity contribution in [2.24, 2.45) is 0 Å². The van der Waals surface area contributed by atoms with E-state index in [2.05, 4.69) is 5.32 Å². The van der Waals surface area contributed by atoms with Gasteiger partial charge in [0, 0.05) is 24.7 Å². The third kappa shape index (κ3) is 4.44. The van der Waals surface area contributed by atoms with Gasteiger partial charge in [-0.3, -0.25) is 4.79 Å². The molecule has 23 heavy (non-hydrogen) atoms. The lowest BCUT2D eigenvalue weighted by Gasteiger charge is -2.23. The van der Waals surface area contributed by atoms with Crippen LogP contribution in [0.2, 0.25) is 5.02 Å². The molecule has 0 saturated carbocycles. The molecule has 0 bridgehead atoms. The molecule has 2 rings (SSSR count). The molecule has 1 amide bonds. The van der Waals surface area contributed by atoms with E-state index < -0.39 is 16.1 Å². The molecule has 1 aliphatic heterocycles. The molecule has 1 N–H and O–H groups in total. The number of hydrogen-bond donors (Lipinski definition) is 1. The maximum atomic E-state index is 12.7. The first-order chi connectivity index (χ1) is 10.8. The van der Waals surface area contributed by atoms with Crippen molar-refractivity contribution in [3.8, 4) is 0 Å². The normalized spacial score (nSPS) is 19.2. The zero-order chi connectivity index (χ0) is 17.0. The number of halogens is 1. The quantitative estimate of drug-likeness (QED) is 0.827. The van der Waals surface area contributed by atoms with Crippen LogP contribution in [0.3, 0.4) is 0 Å². The second-order valence-electron chi connectivity index (χ2n) is 5.82. The number of nitrogens with zero attached hydrogens (tertiary/aromatic N) is 2. The number of sulfonamides is 1. The van der Waals surface area contributed by atoms with E-state index in [1.165, 1.54) is 28.6 Å². The molecule has 1 heterocycles. The Labute approximate surface area is 142 Å². The number of amides is 1. The molecular formula is C15H22ClN3O3S. The minimum absolute atomic E-state index is 0.162. The van der Waals surface area contributed by atoms with E-state index in [1.54, 1.807) is 0 Å². The number of rotatable bonds is 6. The lowest BCUT2D eigenvalue weighted by atomic mass is 10.2. The van der Waals surface area contributed by atoms with Crippen LogP contribution in [-0.4, -0.2) is 63.3 Å². The van der Waals surface area contributed by atoms with E-state index in [0.717, 1.165) is 0 Å². The van der Waals surface area contributed by atoms with Crippen molar-refractivity contribution >= 4 is 27.5 Å². The van der Waals surface area contributed by atoms with Crippen LogP contribution in [0.1, 0.15) is 12.8 Å². The van der Waals surface area contributed by atoms with Gasteiger partial charge in [0.15, 0.2) is 0 Å². The summed E-state index contributed by atoms with van der Waals surface area (Å²) in [5, 5.41) is 3.29. The first kappa shape index (κ1) is 18.2. The molecule has 0 spiro atoms. The van der Waals surface area contributed by atoms with Crippen molar-refractivity contribution in [2.75, 3.05) is 33.7 Å². The van der Waals surface area contributed by atoms with Crippen LogP contribution in [0, 0.1) is 0 Å². The highest BCUT2D eigenvalue weighted by Gasteiger charge is 2.39. The van der Waals surface area contributed by atoms with Crippen molar-refractivity contribution in [1.29, 1.82) is 0 Å². The van der Waals surface area contributed by atoms with Gasteiger partial charge in [0.1, 0.15) is 6.04 Å². The molecule has 0 unspecified atom stereocenters. The standard InChI is InChI=1S/C15H22ClN3O3S/c1-18(2)11-9-17-15(20)14-4-3-10-19(14)23(21,22)13-7-5-12(16)6-8-13/h5-8,14H,3-4,9-11H2,1-2H3,(H,17,20)/t14-/m1/s1. The fraction of sp³-hybridized carbons (Fsp3) is 0.533. The number of hydrogen-bond acceptors (Lipinski definition) is 4. The van der Waals surface area contributed by atoms with Crippen LogP contribution < -0.4 is 5.32 Å². The molecule has 1 atom stereocenters. The summed E-state index contributed by atoms with van der Waals surface area (Å²) in [4.78, 5) is 14.4. The van der Waals surface area contributed by atoms with Gasteiger partial charge in [0.05, 0.1) is 4.90 Å². The molecule has 6 nitrogen and oxygen atoms in total. The number of carbonyl (C=O) groups excluding carboxylic acids is 1. The summed E-state index contributed by atoms with van der Waals surface area (Å²) in [6, 6.07) is 5.37. The molecule has 1 aliphatic rings. The summed E-state index contributed by atoms with van der Waals surface area (Å²) in [5.41, 5.74) is 0. The summed E-state index contributed by atoms with van der Waals surface area (Å²) in [6.07, 6.45) is 1.22.